The predicted octanol–water partition coefficient (Wildman–Crippen LogP) is 3.56. The maximum absolute atomic E-state index is 13.3. The molecule has 4 nitrogen and oxygen atoms in total. The highest BCUT2D eigenvalue weighted by atomic mass is 16.2. The smallest absolute Gasteiger partial charge is 0.234 e. The Morgan fingerprint density at radius 1 is 1.07 bits per heavy atom. The van der Waals surface area contributed by atoms with E-state index in [9.17, 15) is 4.79 Å². The van der Waals surface area contributed by atoms with Crippen molar-refractivity contribution < 1.29 is 4.79 Å². The molecule has 1 amide bonds. The molecule has 0 aromatic heterocycles. The second-order valence-electron chi connectivity index (χ2n) is 11.4. The van der Waals surface area contributed by atoms with Gasteiger partial charge < -0.3 is 5.32 Å². The zero-order valence-electron chi connectivity index (χ0n) is 18.5. The quantitative estimate of drug-likeness (QED) is 0.829. The minimum atomic E-state index is 0.0371. The van der Waals surface area contributed by atoms with Gasteiger partial charge in [-0.3, -0.25) is 14.6 Å². The van der Waals surface area contributed by atoms with Gasteiger partial charge in [-0.05, 0) is 87.6 Å². The number of benzene rings is 1. The fourth-order valence-electron chi connectivity index (χ4n) is 8.66. The van der Waals surface area contributed by atoms with Crippen LogP contribution >= 0.6 is 0 Å². The van der Waals surface area contributed by atoms with Gasteiger partial charge in [0.05, 0.1) is 6.54 Å². The molecule has 0 radical (unpaired) electrons. The molecule has 162 valence electrons. The molecule has 4 heteroatoms. The summed E-state index contributed by atoms with van der Waals surface area (Å²) in [5, 5.41) is 3.65. The van der Waals surface area contributed by atoms with Gasteiger partial charge in [0.2, 0.25) is 5.91 Å². The van der Waals surface area contributed by atoms with E-state index in [0.717, 1.165) is 31.3 Å². The van der Waals surface area contributed by atoms with Crippen LogP contribution in [0.3, 0.4) is 0 Å². The van der Waals surface area contributed by atoms with Crippen LogP contribution in [0.5, 0.6) is 0 Å². The zero-order valence-corrected chi connectivity index (χ0v) is 18.5. The highest BCUT2D eigenvalue weighted by Gasteiger charge is 2.58. The predicted molar refractivity (Wildman–Crippen MR) is 119 cm³/mol. The van der Waals surface area contributed by atoms with E-state index in [1.165, 1.54) is 57.1 Å². The van der Waals surface area contributed by atoms with Crippen molar-refractivity contribution in [2.75, 3.05) is 26.2 Å². The van der Waals surface area contributed by atoms with Crippen molar-refractivity contribution in [2.45, 2.75) is 81.3 Å². The number of carbonyl (C=O) groups is 1. The number of piperazine rings is 1. The normalized spacial score (nSPS) is 43.0. The second-order valence-corrected chi connectivity index (χ2v) is 11.4. The molecule has 0 spiro atoms. The minimum absolute atomic E-state index is 0.0371. The van der Waals surface area contributed by atoms with Crippen LogP contribution in [-0.2, 0) is 10.2 Å². The lowest BCUT2D eigenvalue weighted by molar-refractivity contribution is -0.130. The van der Waals surface area contributed by atoms with Crippen LogP contribution in [0, 0.1) is 11.8 Å². The second kappa shape index (κ2) is 7.06. The van der Waals surface area contributed by atoms with Crippen molar-refractivity contribution in [2.24, 2.45) is 11.8 Å². The Balaban J connectivity index is 1.18. The molecule has 4 saturated carbocycles. The van der Waals surface area contributed by atoms with Gasteiger partial charge in [-0.1, -0.05) is 30.3 Å². The number of fused-ring (bicyclic) bond motifs is 1. The lowest BCUT2D eigenvalue weighted by atomic mass is 9.45. The van der Waals surface area contributed by atoms with Crippen molar-refractivity contribution in [3.63, 3.8) is 0 Å². The van der Waals surface area contributed by atoms with E-state index in [1.807, 2.05) is 0 Å². The largest absolute Gasteiger partial charge is 0.350 e. The topological polar surface area (TPSA) is 35.6 Å². The van der Waals surface area contributed by atoms with E-state index in [1.54, 1.807) is 0 Å². The lowest BCUT2D eigenvalue weighted by Crippen LogP contribution is -2.66. The average Bonchev–Trinajstić information content (AvgIpc) is 3.19. The first-order valence-corrected chi connectivity index (χ1v) is 12.4. The Kier molecular flexibility index (Phi) is 4.55. The molecule has 7 rings (SSSR count). The van der Waals surface area contributed by atoms with Gasteiger partial charge in [0.1, 0.15) is 0 Å². The Bertz CT molecular complexity index is 794. The third-order valence-corrected chi connectivity index (χ3v) is 9.42. The molecule has 2 saturated heterocycles. The van der Waals surface area contributed by atoms with Crippen molar-refractivity contribution in [3.05, 3.63) is 35.9 Å². The van der Waals surface area contributed by atoms with E-state index in [0.29, 0.717) is 24.0 Å². The third kappa shape index (κ3) is 3.14. The standard InChI is InChI=1S/C26H37N3O/c1-19-23-8-5-9-28(23)10-11-29(19)17-24(30)27-26-15-20-12-21(16-26)14-25(13-20,18-26)22-6-3-2-4-7-22/h2-4,6-7,19-21,23H,5,8-18H2,1H3,(H,27,30). The lowest BCUT2D eigenvalue weighted by Gasteiger charge is -2.62. The van der Waals surface area contributed by atoms with Crippen LogP contribution in [0.4, 0.5) is 0 Å². The van der Waals surface area contributed by atoms with E-state index in [2.05, 4.69) is 52.4 Å². The Labute approximate surface area is 181 Å². The first-order valence-electron chi connectivity index (χ1n) is 12.4. The summed E-state index contributed by atoms with van der Waals surface area (Å²) in [6.07, 6.45) is 10.2. The fraction of sp³-hybridized carbons (Fsp3) is 0.731. The van der Waals surface area contributed by atoms with Crippen LogP contribution in [0.15, 0.2) is 30.3 Å². The molecule has 1 aromatic carbocycles. The van der Waals surface area contributed by atoms with E-state index in [4.69, 9.17) is 0 Å². The third-order valence-electron chi connectivity index (χ3n) is 9.42. The molecule has 30 heavy (non-hydrogen) atoms. The van der Waals surface area contributed by atoms with E-state index >= 15 is 0 Å². The molecule has 2 heterocycles. The van der Waals surface area contributed by atoms with Crippen LogP contribution in [0.2, 0.25) is 0 Å². The monoisotopic (exact) mass is 407 g/mol. The Hall–Kier alpha value is -1.39. The summed E-state index contributed by atoms with van der Waals surface area (Å²) in [6.45, 7) is 6.35. The summed E-state index contributed by atoms with van der Waals surface area (Å²) >= 11 is 0. The molecule has 1 N–H and O–H groups in total. The summed E-state index contributed by atoms with van der Waals surface area (Å²) in [4.78, 5) is 18.4. The molecule has 4 bridgehead atoms. The molecule has 1 aromatic rings. The zero-order chi connectivity index (χ0) is 20.3. The number of carbonyl (C=O) groups excluding carboxylic acids is 1. The molecular formula is C26H37N3O. The fourth-order valence-corrected chi connectivity index (χ4v) is 8.66. The van der Waals surface area contributed by atoms with Gasteiger partial charge in [-0.25, -0.2) is 0 Å². The van der Waals surface area contributed by atoms with Crippen molar-refractivity contribution in [1.29, 1.82) is 0 Å². The van der Waals surface area contributed by atoms with Crippen LogP contribution in [0.1, 0.15) is 63.9 Å². The van der Waals surface area contributed by atoms with Gasteiger partial charge in [0.15, 0.2) is 0 Å². The summed E-state index contributed by atoms with van der Waals surface area (Å²) < 4.78 is 0. The van der Waals surface area contributed by atoms with Gasteiger partial charge in [0.25, 0.3) is 0 Å². The molecule has 4 aliphatic carbocycles. The minimum Gasteiger partial charge on any atom is -0.350 e. The van der Waals surface area contributed by atoms with Crippen LogP contribution in [-0.4, -0.2) is 59.5 Å². The highest BCUT2D eigenvalue weighted by Crippen LogP contribution is 2.62. The van der Waals surface area contributed by atoms with Crippen molar-refractivity contribution in [3.8, 4) is 0 Å². The molecule has 2 aliphatic heterocycles. The van der Waals surface area contributed by atoms with Gasteiger partial charge in [-0.15, -0.1) is 0 Å². The SMILES string of the molecule is CC1C2CCCN2CCN1CC(=O)NC12CC3CC(C1)CC(c1ccccc1)(C3)C2. The van der Waals surface area contributed by atoms with Crippen molar-refractivity contribution >= 4 is 5.91 Å². The average molecular weight is 408 g/mol. The molecule has 6 aliphatic rings. The molecular weight excluding hydrogens is 370 g/mol. The molecule has 4 atom stereocenters. The maximum atomic E-state index is 13.3. The molecule has 6 fully saturated rings. The summed E-state index contributed by atoms with van der Waals surface area (Å²) in [6, 6.07) is 12.4. The number of rotatable bonds is 4. The van der Waals surface area contributed by atoms with Crippen LogP contribution < -0.4 is 5.32 Å². The van der Waals surface area contributed by atoms with Crippen LogP contribution in [0.25, 0.3) is 0 Å². The van der Waals surface area contributed by atoms with E-state index < -0.39 is 0 Å². The number of amides is 1. The number of nitrogens with one attached hydrogen (secondary N) is 1. The van der Waals surface area contributed by atoms with Gasteiger partial charge in [0, 0.05) is 30.7 Å². The summed E-state index contributed by atoms with van der Waals surface area (Å²) in [7, 11) is 0. The van der Waals surface area contributed by atoms with Gasteiger partial charge >= 0.3 is 0 Å². The number of hydrogen-bond acceptors (Lipinski definition) is 3. The first kappa shape index (κ1) is 19.3. The Morgan fingerprint density at radius 2 is 1.83 bits per heavy atom. The number of hydrogen-bond donors (Lipinski definition) is 1. The first-order chi connectivity index (χ1) is 14.5. The van der Waals surface area contributed by atoms with Gasteiger partial charge in [-0.2, -0.15) is 0 Å². The summed E-state index contributed by atoms with van der Waals surface area (Å²) in [5.74, 6) is 1.85. The highest BCUT2D eigenvalue weighted by molar-refractivity contribution is 5.79. The van der Waals surface area contributed by atoms with Crippen molar-refractivity contribution in [1.82, 2.24) is 15.1 Å². The Morgan fingerprint density at radius 3 is 2.60 bits per heavy atom. The summed E-state index contributed by atoms with van der Waals surface area (Å²) in [5.41, 5.74) is 1.85. The molecule has 4 unspecified atom stereocenters. The number of nitrogens with zero attached hydrogens (tertiary/aromatic N) is 2. The van der Waals surface area contributed by atoms with E-state index in [-0.39, 0.29) is 11.4 Å². The maximum Gasteiger partial charge on any atom is 0.234 e.